The number of nitrogens with one attached hydrogen (secondary N) is 1. The van der Waals surface area contributed by atoms with E-state index in [1.54, 1.807) is 12.1 Å². The van der Waals surface area contributed by atoms with Crippen LogP contribution < -0.4 is 5.32 Å². The number of aromatic nitrogens is 2. The van der Waals surface area contributed by atoms with Gasteiger partial charge in [0.15, 0.2) is 0 Å². The van der Waals surface area contributed by atoms with Gasteiger partial charge in [0.1, 0.15) is 5.82 Å². The van der Waals surface area contributed by atoms with Crippen LogP contribution in [-0.4, -0.2) is 9.97 Å². The van der Waals surface area contributed by atoms with Gasteiger partial charge >= 0.3 is 6.18 Å². The largest absolute Gasteiger partial charge is 0.451 e. The zero-order valence-corrected chi connectivity index (χ0v) is 14.2. The van der Waals surface area contributed by atoms with Gasteiger partial charge in [-0.15, -0.1) is 0 Å². The molecule has 0 fully saturated rings. The van der Waals surface area contributed by atoms with Crippen molar-refractivity contribution in [3.63, 3.8) is 0 Å². The SMILES string of the molecule is CC(Nc1nc(C(F)(F)F)nc2ccc(Br)cc12)c1ccccc1. The van der Waals surface area contributed by atoms with Gasteiger partial charge in [0, 0.05) is 15.9 Å². The fourth-order valence-electron chi connectivity index (χ4n) is 2.37. The first-order chi connectivity index (χ1) is 11.3. The molecule has 0 aliphatic rings. The molecule has 0 saturated heterocycles. The number of rotatable bonds is 3. The van der Waals surface area contributed by atoms with E-state index in [0.29, 0.717) is 5.39 Å². The van der Waals surface area contributed by atoms with Crippen LogP contribution in [0.2, 0.25) is 0 Å². The first-order valence-electron chi connectivity index (χ1n) is 7.20. The van der Waals surface area contributed by atoms with Crippen LogP contribution in [-0.2, 0) is 6.18 Å². The first-order valence-corrected chi connectivity index (χ1v) is 8.00. The molecule has 3 nitrogen and oxygen atoms in total. The lowest BCUT2D eigenvalue weighted by molar-refractivity contribution is -0.144. The van der Waals surface area contributed by atoms with Crippen molar-refractivity contribution in [3.8, 4) is 0 Å². The lowest BCUT2D eigenvalue weighted by Gasteiger charge is -2.18. The molecule has 24 heavy (non-hydrogen) atoms. The van der Waals surface area contributed by atoms with E-state index in [2.05, 4.69) is 31.2 Å². The molecule has 3 rings (SSSR count). The third-order valence-electron chi connectivity index (χ3n) is 3.56. The van der Waals surface area contributed by atoms with Crippen LogP contribution in [0.15, 0.2) is 53.0 Å². The second-order valence-electron chi connectivity index (χ2n) is 5.33. The number of hydrogen-bond donors (Lipinski definition) is 1. The van der Waals surface area contributed by atoms with E-state index >= 15 is 0 Å². The van der Waals surface area contributed by atoms with Crippen molar-refractivity contribution in [1.82, 2.24) is 9.97 Å². The Bertz CT molecular complexity index is 866. The maximum absolute atomic E-state index is 13.1. The van der Waals surface area contributed by atoms with Gasteiger partial charge in [-0.05, 0) is 30.7 Å². The Morgan fingerprint density at radius 1 is 1.04 bits per heavy atom. The molecule has 1 atom stereocenters. The molecule has 0 saturated carbocycles. The minimum atomic E-state index is -4.60. The lowest BCUT2D eigenvalue weighted by Crippen LogP contribution is -2.15. The minimum absolute atomic E-state index is 0.157. The van der Waals surface area contributed by atoms with Crippen molar-refractivity contribution in [3.05, 3.63) is 64.4 Å². The highest BCUT2D eigenvalue weighted by Gasteiger charge is 2.35. The summed E-state index contributed by atoms with van der Waals surface area (Å²) in [6.07, 6.45) is -4.60. The van der Waals surface area contributed by atoms with E-state index in [1.165, 1.54) is 6.07 Å². The van der Waals surface area contributed by atoms with E-state index in [-0.39, 0.29) is 17.4 Å². The molecule has 1 unspecified atom stereocenters. The number of nitrogens with zero attached hydrogens (tertiary/aromatic N) is 2. The Kier molecular flexibility index (Phi) is 4.45. The number of fused-ring (bicyclic) bond motifs is 1. The fourth-order valence-corrected chi connectivity index (χ4v) is 2.73. The summed E-state index contributed by atoms with van der Waals surface area (Å²) in [4.78, 5) is 7.34. The summed E-state index contributed by atoms with van der Waals surface area (Å²) in [5, 5.41) is 3.60. The van der Waals surface area contributed by atoms with Crippen LogP contribution >= 0.6 is 15.9 Å². The lowest BCUT2D eigenvalue weighted by atomic mass is 10.1. The molecule has 1 N–H and O–H groups in total. The number of hydrogen-bond acceptors (Lipinski definition) is 3. The minimum Gasteiger partial charge on any atom is -0.363 e. The van der Waals surface area contributed by atoms with Crippen LogP contribution in [0.1, 0.15) is 24.4 Å². The standard InChI is InChI=1S/C17H13BrF3N3/c1-10(11-5-3-2-4-6-11)22-15-13-9-12(18)7-8-14(13)23-16(24-15)17(19,20)21/h2-10H,1H3,(H,22,23,24). The summed E-state index contributed by atoms with van der Waals surface area (Å²) in [6.45, 7) is 1.87. The van der Waals surface area contributed by atoms with E-state index in [1.807, 2.05) is 37.3 Å². The molecule has 2 aromatic carbocycles. The smallest absolute Gasteiger partial charge is 0.363 e. The molecule has 3 aromatic rings. The van der Waals surface area contributed by atoms with E-state index in [4.69, 9.17) is 0 Å². The number of anilines is 1. The van der Waals surface area contributed by atoms with Gasteiger partial charge in [-0.3, -0.25) is 0 Å². The summed E-state index contributed by atoms with van der Waals surface area (Å²) in [5.41, 5.74) is 1.19. The predicted molar refractivity (Wildman–Crippen MR) is 90.7 cm³/mol. The van der Waals surface area contributed by atoms with E-state index in [9.17, 15) is 13.2 Å². The molecule has 0 spiro atoms. The average Bonchev–Trinajstić information content (AvgIpc) is 2.55. The van der Waals surface area contributed by atoms with Gasteiger partial charge in [-0.1, -0.05) is 46.3 Å². The summed E-state index contributed by atoms with van der Waals surface area (Å²) in [6, 6.07) is 14.1. The fraction of sp³-hybridized carbons (Fsp3) is 0.176. The molecule has 1 heterocycles. The number of benzene rings is 2. The topological polar surface area (TPSA) is 37.8 Å². The Morgan fingerprint density at radius 3 is 2.42 bits per heavy atom. The summed E-state index contributed by atoms with van der Waals surface area (Å²) in [7, 11) is 0. The predicted octanol–water partition coefficient (Wildman–Crippen LogP) is 5.58. The molecule has 0 amide bonds. The Morgan fingerprint density at radius 2 is 1.75 bits per heavy atom. The van der Waals surface area contributed by atoms with Crippen molar-refractivity contribution in [1.29, 1.82) is 0 Å². The van der Waals surface area contributed by atoms with Crippen molar-refractivity contribution >= 4 is 32.7 Å². The highest BCUT2D eigenvalue weighted by molar-refractivity contribution is 9.10. The van der Waals surface area contributed by atoms with Crippen LogP contribution in [0.3, 0.4) is 0 Å². The molecule has 0 aliphatic heterocycles. The van der Waals surface area contributed by atoms with Gasteiger partial charge in [0.2, 0.25) is 5.82 Å². The Hall–Kier alpha value is -2.15. The summed E-state index contributed by atoms with van der Waals surface area (Å²) < 4.78 is 40.0. The van der Waals surface area contributed by atoms with Crippen molar-refractivity contribution in [2.75, 3.05) is 5.32 Å². The molecule has 0 aliphatic carbocycles. The Balaban J connectivity index is 2.09. The van der Waals surface area contributed by atoms with E-state index in [0.717, 1.165) is 10.0 Å². The average molecular weight is 396 g/mol. The third kappa shape index (κ3) is 3.51. The van der Waals surface area contributed by atoms with Gasteiger partial charge in [-0.25, -0.2) is 9.97 Å². The normalized spacial score (nSPS) is 13.0. The van der Waals surface area contributed by atoms with Gasteiger partial charge in [0.05, 0.1) is 5.52 Å². The second kappa shape index (κ2) is 6.39. The molecular formula is C17H13BrF3N3. The maximum Gasteiger partial charge on any atom is 0.451 e. The quantitative estimate of drug-likeness (QED) is 0.628. The summed E-state index contributed by atoms with van der Waals surface area (Å²) in [5.74, 6) is -0.995. The molecular weight excluding hydrogens is 383 g/mol. The van der Waals surface area contributed by atoms with Gasteiger partial charge < -0.3 is 5.32 Å². The zero-order valence-electron chi connectivity index (χ0n) is 12.6. The highest BCUT2D eigenvalue weighted by Crippen LogP contribution is 2.32. The third-order valence-corrected chi connectivity index (χ3v) is 4.06. The first kappa shape index (κ1) is 16.7. The van der Waals surface area contributed by atoms with Crippen LogP contribution in [0.25, 0.3) is 10.9 Å². The highest BCUT2D eigenvalue weighted by atomic mass is 79.9. The van der Waals surface area contributed by atoms with Crippen LogP contribution in [0, 0.1) is 0 Å². The molecule has 1 aromatic heterocycles. The number of halogens is 4. The molecule has 124 valence electrons. The van der Waals surface area contributed by atoms with Crippen LogP contribution in [0.4, 0.5) is 19.0 Å². The van der Waals surface area contributed by atoms with Crippen molar-refractivity contribution < 1.29 is 13.2 Å². The van der Waals surface area contributed by atoms with Crippen molar-refractivity contribution in [2.24, 2.45) is 0 Å². The molecule has 0 radical (unpaired) electrons. The van der Waals surface area contributed by atoms with Gasteiger partial charge in [-0.2, -0.15) is 13.2 Å². The number of alkyl halides is 3. The monoisotopic (exact) mass is 395 g/mol. The zero-order chi connectivity index (χ0) is 17.3. The second-order valence-corrected chi connectivity index (χ2v) is 6.25. The van der Waals surface area contributed by atoms with Crippen LogP contribution in [0.5, 0.6) is 0 Å². The van der Waals surface area contributed by atoms with Gasteiger partial charge in [0.25, 0.3) is 0 Å². The maximum atomic E-state index is 13.1. The molecule has 7 heteroatoms. The molecule has 0 bridgehead atoms. The Labute approximate surface area is 145 Å². The summed E-state index contributed by atoms with van der Waals surface area (Å²) >= 11 is 3.33. The van der Waals surface area contributed by atoms with Crippen molar-refractivity contribution in [2.45, 2.75) is 19.1 Å². The van der Waals surface area contributed by atoms with E-state index < -0.39 is 12.0 Å².